The zero-order valence-corrected chi connectivity index (χ0v) is 34.1. The highest BCUT2D eigenvalue weighted by atomic mass is 15.0. The number of hydrogen-bond donors (Lipinski definition) is 0. The third-order valence-corrected chi connectivity index (χ3v) is 12.7. The molecule has 0 atom stereocenters. The summed E-state index contributed by atoms with van der Waals surface area (Å²) in [4.78, 5) is 9.97. The van der Waals surface area contributed by atoms with Crippen LogP contribution in [-0.2, 0) is 0 Å². The van der Waals surface area contributed by atoms with Crippen LogP contribution in [0.1, 0.15) is 0 Å². The van der Waals surface area contributed by atoms with Crippen LogP contribution < -0.4 is 0 Å². The highest BCUT2D eigenvalue weighted by Gasteiger charge is 2.19. The lowest BCUT2D eigenvalue weighted by Gasteiger charge is -2.13. The number of para-hydroxylation sites is 3. The molecule has 5 heteroatoms. The maximum absolute atomic E-state index is 5.18. The van der Waals surface area contributed by atoms with Crippen molar-refractivity contribution in [2.24, 2.45) is 0 Å². The molecule has 0 N–H and O–H groups in total. The van der Waals surface area contributed by atoms with Crippen molar-refractivity contribution in [3.8, 4) is 50.7 Å². The minimum atomic E-state index is 0.942. The summed E-state index contributed by atoms with van der Waals surface area (Å²) in [6, 6.07) is 78.4. The third-order valence-electron chi connectivity index (χ3n) is 12.7. The highest BCUT2D eigenvalue weighted by molar-refractivity contribution is 6.13. The van der Waals surface area contributed by atoms with Crippen molar-refractivity contribution in [2.75, 3.05) is 0 Å². The van der Waals surface area contributed by atoms with Gasteiger partial charge in [-0.25, -0.2) is 4.98 Å². The number of benzene rings is 8. The molecule has 0 amide bonds. The molecule has 294 valence electrons. The van der Waals surface area contributed by atoms with Crippen molar-refractivity contribution in [1.82, 2.24) is 23.7 Å². The molecular formula is C58H37N5. The second-order valence-electron chi connectivity index (χ2n) is 16.2. The van der Waals surface area contributed by atoms with Crippen LogP contribution in [-0.4, -0.2) is 23.7 Å². The van der Waals surface area contributed by atoms with E-state index in [-0.39, 0.29) is 0 Å². The molecule has 5 heterocycles. The Morgan fingerprint density at radius 3 is 1.29 bits per heavy atom. The lowest BCUT2D eigenvalue weighted by atomic mass is 10.0. The monoisotopic (exact) mass is 803 g/mol. The Bertz CT molecular complexity index is 3800. The lowest BCUT2D eigenvalue weighted by Crippen LogP contribution is -1.98. The molecule has 5 aromatic heterocycles. The molecule has 0 aliphatic rings. The maximum Gasteiger partial charge on any atom is 0.0963 e. The standard InChI is InChI=1S/C58H37N5/c1-3-15-38(16-4-1)50-36-44(37-51(60-50)39-17-5-2-6-18-39)63-53-25-11-8-22-46(53)49-34-41(29-31-56(49)63)40-28-30-55-48(33-40)45-21-7-10-24-52(45)61(55)42-19-13-20-43(35-42)62-54-26-12-9-23-47(54)58-57(62)27-14-32-59-58/h1-37H. The summed E-state index contributed by atoms with van der Waals surface area (Å²) in [5.41, 5.74) is 17.6. The van der Waals surface area contributed by atoms with Crippen LogP contribution in [0.4, 0.5) is 0 Å². The van der Waals surface area contributed by atoms with Crippen LogP contribution in [0.5, 0.6) is 0 Å². The summed E-state index contributed by atoms with van der Waals surface area (Å²) in [6.45, 7) is 0. The number of pyridine rings is 2. The quantitative estimate of drug-likeness (QED) is 0.168. The number of fused-ring (bicyclic) bond motifs is 9. The summed E-state index contributed by atoms with van der Waals surface area (Å²) in [6.07, 6.45) is 1.88. The summed E-state index contributed by atoms with van der Waals surface area (Å²) in [7, 11) is 0. The molecule has 0 saturated heterocycles. The molecule has 63 heavy (non-hydrogen) atoms. The summed E-state index contributed by atoms with van der Waals surface area (Å²) in [5.74, 6) is 0. The van der Waals surface area contributed by atoms with Crippen molar-refractivity contribution in [3.05, 3.63) is 225 Å². The van der Waals surface area contributed by atoms with Gasteiger partial charge in [-0.05, 0) is 96.1 Å². The summed E-state index contributed by atoms with van der Waals surface area (Å²) < 4.78 is 7.14. The van der Waals surface area contributed by atoms with Crippen molar-refractivity contribution in [1.29, 1.82) is 0 Å². The summed E-state index contributed by atoms with van der Waals surface area (Å²) >= 11 is 0. The Hall–Kier alpha value is -8.54. The van der Waals surface area contributed by atoms with E-state index in [0.717, 1.165) is 72.5 Å². The molecule has 8 aromatic carbocycles. The van der Waals surface area contributed by atoms with Gasteiger partial charge in [0.1, 0.15) is 0 Å². The molecular weight excluding hydrogens is 767 g/mol. The fourth-order valence-electron chi connectivity index (χ4n) is 9.85. The first kappa shape index (κ1) is 35.2. The molecule has 13 aromatic rings. The fraction of sp³-hybridized carbons (Fsp3) is 0. The first-order valence-electron chi connectivity index (χ1n) is 21.4. The van der Waals surface area contributed by atoms with E-state index in [1.54, 1.807) is 0 Å². The SMILES string of the molecule is c1ccc(-c2cc(-n3c4ccccc4c4cc(-c5ccc6c(c5)c5ccccc5n6-c5cccc(-n6c7ccccc7c7ncccc76)c5)ccc43)cc(-c3ccccc3)n2)cc1. The predicted octanol–water partition coefficient (Wildman–Crippen LogP) is 14.8. The van der Waals surface area contributed by atoms with Crippen LogP contribution in [0.2, 0.25) is 0 Å². The van der Waals surface area contributed by atoms with Crippen molar-refractivity contribution in [2.45, 2.75) is 0 Å². The van der Waals surface area contributed by atoms with Gasteiger partial charge in [0.25, 0.3) is 0 Å². The van der Waals surface area contributed by atoms with E-state index in [4.69, 9.17) is 9.97 Å². The first-order chi connectivity index (χ1) is 31.2. The minimum absolute atomic E-state index is 0.942. The van der Waals surface area contributed by atoms with Gasteiger partial charge in [0.05, 0.1) is 55.7 Å². The highest BCUT2D eigenvalue weighted by Crippen LogP contribution is 2.40. The molecule has 0 bridgehead atoms. The van der Waals surface area contributed by atoms with Crippen LogP contribution >= 0.6 is 0 Å². The average Bonchev–Trinajstić information content (AvgIpc) is 4.00. The Labute approximate surface area is 363 Å². The van der Waals surface area contributed by atoms with Crippen molar-refractivity contribution in [3.63, 3.8) is 0 Å². The molecule has 0 aliphatic heterocycles. The second kappa shape index (κ2) is 14.0. The zero-order chi connectivity index (χ0) is 41.4. The van der Waals surface area contributed by atoms with Gasteiger partial charge >= 0.3 is 0 Å². The zero-order valence-electron chi connectivity index (χ0n) is 34.1. The van der Waals surface area contributed by atoms with Gasteiger partial charge in [-0.1, -0.05) is 133 Å². The second-order valence-corrected chi connectivity index (χ2v) is 16.2. The third kappa shape index (κ3) is 5.57. The van der Waals surface area contributed by atoms with E-state index in [9.17, 15) is 0 Å². The Morgan fingerprint density at radius 2 is 0.714 bits per heavy atom. The Kier molecular flexibility index (Phi) is 7.84. The van der Waals surface area contributed by atoms with Gasteiger partial charge in [-0.15, -0.1) is 0 Å². The van der Waals surface area contributed by atoms with E-state index in [0.29, 0.717) is 0 Å². The average molecular weight is 804 g/mol. The van der Waals surface area contributed by atoms with Gasteiger partial charge in [0.15, 0.2) is 0 Å². The molecule has 0 unspecified atom stereocenters. The predicted molar refractivity (Wildman–Crippen MR) is 261 cm³/mol. The van der Waals surface area contributed by atoms with Crippen molar-refractivity contribution >= 4 is 65.5 Å². The molecule has 0 spiro atoms. The number of aromatic nitrogens is 5. The number of nitrogens with zero attached hydrogens (tertiary/aromatic N) is 5. The molecule has 13 rings (SSSR count). The normalized spacial score (nSPS) is 11.8. The van der Waals surface area contributed by atoms with E-state index in [1.165, 1.54) is 43.7 Å². The maximum atomic E-state index is 5.18. The van der Waals surface area contributed by atoms with Crippen LogP contribution in [0.15, 0.2) is 225 Å². The van der Waals surface area contributed by atoms with Crippen LogP contribution in [0.25, 0.3) is 116 Å². The minimum Gasteiger partial charge on any atom is -0.309 e. The largest absolute Gasteiger partial charge is 0.309 e. The van der Waals surface area contributed by atoms with Gasteiger partial charge in [0, 0.05) is 55.6 Å². The van der Waals surface area contributed by atoms with Gasteiger partial charge < -0.3 is 13.7 Å². The topological polar surface area (TPSA) is 40.6 Å². The van der Waals surface area contributed by atoms with Gasteiger partial charge in [0.2, 0.25) is 0 Å². The smallest absolute Gasteiger partial charge is 0.0963 e. The first-order valence-corrected chi connectivity index (χ1v) is 21.4. The number of rotatable bonds is 6. The molecule has 0 fully saturated rings. The van der Waals surface area contributed by atoms with Crippen molar-refractivity contribution < 1.29 is 0 Å². The molecule has 0 radical (unpaired) electrons. The molecule has 0 aliphatic carbocycles. The van der Waals surface area contributed by atoms with E-state index in [2.05, 4.69) is 226 Å². The van der Waals surface area contributed by atoms with E-state index in [1.807, 2.05) is 12.3 Å². The lowest BCUT2D eigenvalue weighted by molar-refractivity contribution is 1.13. The van der Waals surface area contributed by atoms with E-state index < -0.39 is 0 Å². The molecule has 0 saturated carbocycles. The number of hydrogen-bond acceptors (Lipinski definition) is 2. The van der Waals surface area contributed by atoms with Gasteiger partial charge in [-0.2, -0.15) is 0 Å². The van der Waals surface area contributed by atoms with E-state index >= 15 is 0 Å². The van der Waals surface area contributed by atoms with Crippen LogP contribution in [0, 0.1) is 0 Å². The molecule has 5 nitrogen and oxygen atoms in total. The van der Waals surface area contributed by atoms with Gasteiger partial charge in [-0.3, -0.25) is 4.98 Å². The Morgan fingerprint density at radius 1 is 0.270 bits per heavy atom. The Balaban J connectivity index is 0.959. The summed E-state index contributed by atoms with van der Waals surface area (Å²) in [5, 5.41) is 6.01. The van der Waals surface area contributed by atoms with Crippen LogP contribution in [0.3, 0.4) is 0 Å². The fourth-order valence-corrected chi connectivity index (χ4v) is 9.85.